The van der Waals surface area contributed by atoms with E-state index < -0.39 is 12.1 Å². The van der Waals surface area contributed by atoms with E-state index in [4.69, 9.17) is 14.2 Å². The molecule has 0 spiro atoms. The van der Waals surface area contributed by atoms with Crippen molar-refractivity contribution in [2.75, 3.05) is 13.2 Å². The number of ether oxygens (including phenoxy) is 3. The van der Waals surface area contributed by atoms with Crippen LogP contribution in [-0.2, 0) is 28.6 Å². The van der Waals surface area contributed by atoms with Crippen molar-refractivity contribution in [3.8, 4) is 0 Å². The van der Waals surface area contributed by atoms with Crippen LogP contribution in [0, 0.1) is 0 Å². The second-order valence-corrected chi connectivity index (χ2v) is 14.9. The van der Waals surface area contributed by atoms with Gasteiger partial charge in [-0.2, -0.15) is 0 Å². The van der Waals surface area contributed by atoms with Gasteiger partial charge in [0.2, 0.25) is 0 Å². The van der Waals surface area contributed by atoms with E-state index in [9.17, 15) is 14.4 Å². The minimum absolute atomic E-state index is 0.0998. The molecular weight excluding hydrogens is 673 g/mol. The number of carbonyl (C=O) groups is 3. The van der Waals surface area contributed by atoms with Crippen LogP contribution in [0.3, 0.4) is 0 Å². The summed E-state index contributed by atoms with van der Waals surface area (Å²) in [5.41, 5.74) is 0. The lowest BCUT2D eigenvalue weighted by atomic mass is 10.0. The number of hydrogen-bond donors (Lipinski definition) is 0. The van der Waals surface area contributed by atoms with Gasteiger partial charge in [-0.3, -0.25) is 14.4 Å². The molecular formula is C48H84O6. The Bertz CT molecular complexity index is 964. The molecule has 0 radical (unpaired) electrons. The van der Waals surface area contributed by atoms with Crippen molar-refractivity contribution in [3.05, 3.63) is 48.6 Å². The normalized spacial score (nSPS) is 12.4. The third-order valence-electron chi connectivity index (χ3n) is 9.61. The smallest absolute Gasteiger partial charge is 0.306 e. The van der Waals surface area contributed by atoms with Crippen LogP contribution >= 0.6 is 0 Å². The molecule has 6 nitrogen and oxygen atoms in total. The molecule has 6 heteroatoms. The first-order chi connectivity index (χ1) is 26.5. The van der Waals surface area contributed by atoms with Crippen LogP contribution in [0.25, 0.3) is 0 Å². The number of esters is 3. The lowest BCUT2D eigenvalue weighted by Crippen LogP contribution is -2.30. The van der Waals surface area contributed by atoms with Crippen LogP contribution in [0.4, 0.5) is 0 Å². The maximum absolute atomic E-state index is 12.6. The Morgan fingerprint density at radius 1 is 0.389 bits per heavy atom. The Balaban J connectivity index is 4.25. The van der Waals surface area contributed by atoms with Crippen molar-refractivity contribution in [1.29, 1.82) is 0 Å². The topological polar surface area (TPSA) is 78.9 Å². The minimum Gasteiger partial charge on any atom is -0.462 e. The molecule has 0 aliphatic heterocycles. The van der Waals surface area contributed by atoms with E-state index in [0.717, 1.165) is 70.6 Å². The van der Waals surface area contributed by atoms with Gasteiger partial charge in [0.15, 0.2) is 6.10 Å². The van der Waals surface area contributed by atoms with Crippen molar-refractivity contribution in [1.82, 2.24) is 0 Å². The van der Waals surface area contributed by atoms with Crippen molar-refractivity contribution in [2.45, 2.75) is 226 Å². The molecule has 1 unspecified atom stereocenters. The van der Waals surface area contributed by atoms with Gasteiger partial charge in [-0.1, -0.05) is 204 Å². The Morgan fingerprint density at radius 3 is 1.09 bits per heavy atom. The van der Waals surface area contributed by atoms with Crippen LogP contribution in [0.15, 0.2) is 48.6 Å². The monoisotopic (exact) mass is 757 g/mol. The van der Waals surface area contributed by atoms with Gasteiger partial charge in [0, 0.05) is 19.3 Å². The summed E-state index contributed by atoms with van der Waals surface area (Å²) < 4.78 is 16.5. The second kappa shape index (κ2) is 43.1. The first kappa shape index (κ1) is 51.4. The maximum atomic E-state index is 12.6. The number of unbranched alkanes of at least 4 members (excludes halogenated alkanes) is 21. The number of hydrogen-bond acceptors (Lipinski definition) is 6. The Labute approximate surface area is 333 Å². The molecule has 54 heavy (non-hydrogen) atoms. The second-order valence-electron chi connectivity index (χ2n) is 14.9. The van der Waals surface area contributed by atoms with Gasteiger partial charge in [-0.25, -0.2) is 0 Å². The van der Waals surface area contributed by atoms with Crippen LogP contribution in [0.1, 0.15) is 220 Å². The van der Waals surface area contributed by atoms with Gasteiger partial charge in [0.1, 0.15) is 13.2 Å². The van der Waals surface area contributed by atoms with E-state index in [1.165, 1.54) is 103 Å². The van der Waals surface area contributed by atoms with E-state index in [2.05, 4.69) is 57.2 Å². The fourth-order valence-electron chi connectivity index (χ4n) is 6.22. The van der Waals surface area contributed by atoms with Gasteiger partial charge in [-0.15, -0.1) is 0 Å². The van der Waals surface area contributed by atoms with E-state index in [-0.39, 0.29) is 31.6 Å². The molecule has 0 amide bonds. The largest absolute Gasteiger partial charge is 0.462 e. The van der Waals surface area contributed by atoms with Gasteiger partial charge in [0.05, 0.1) is 0 Å². The van der Waals surface area contributed by atoms with Gasteiger partial charge in [-0.05, 0) is 44.9 Å². The Kier molecular flexibility index (Phi) is 41.0. The van der Waals surface area contributed by atoms with Crippen LogP contribution in [0.2, 0.25) is 0 Å². The number of carbonyl (C=O) groups excluding carboxylic acids is 3. The summed E-state index contributed by atoms with van der Waals surface area (Å²) in [6.07, 6.45) is 50.0. The zero-order chi connectivity index (χ0) is 39.4. The van der Waals surface area contributed by atoms with Crippen molar-refractivity contribution in [3.63, 3.8) is 0 Å². The number of allylic oxidation sites excluding steroid dienone is 8. The molecule has 0 aromatic heterocycles. The molecule has 1 atom stereocenters. The van der Waals surface area contributed by atoms with Gasteiger partial charge < -0.3 is 14.2 Å². The highest BCUT2D eigenvalue weighted by molar-refractivity contribution is 5.71. The summed E-state index contributed by atoms with van der Waals surface area (Å²) in [6.45, 7) is 6.37. The molecule has 0 bridgehead atoms. The SMILES string of the molecule is CC/C=C\C/C=C\C/C=C\C/C=C\CCC(=O)OC(COC(=O)CCCCCCC)COC(=O)CCCCCCCCCCCCCCCCCCCC. The van der Waals surface area contributed by atoms with Crippen molar-refractivity contribution in [2.24, 2.45) is 0 Å². The third kappa shape index (κ3) is 40.6. The van der Waals surface area contributed by atoms with E-state index in [1.807, 2.05) is 12.2 Å². The molecule has 312 valence electrons. The lowest BCUT2D eigenvalue weighted by molar-refractivity contribution is -0.166. The standard InChI is InChI=1S/C48H84O6/c1-4-7-10-13-15-17-19-21-22-23-24-25-27-28-30-32-35-38-41-47(50)53-44-45(43-52-46(49)40-37-34-12-9-6-3)54-48(51)42-39-36-33-31-29-26-20-18-16-14-11-8-5-2/h8,11,16,18,26,29,33,36,45H,4-7,9-10,12-15,17,19-25,27-28,30-32,34-35,37-44H2,1-3H3/b11-8-,18-16-,29-26-,36-33-. The zero-order valence-electron chi connectivity index (χ0n) is 35.5. The Morgan fingerprint density at radius 2 is 0.722 bits per heavy atom. The first-order valence-electron chi connectivity index (χ1n) is 22.6. The molecule has 0 aromatic rings. The molecule has 0 fully saturated rings. The van der Waals surface area contributed by atoms with Crippen LogP contribution < -0.4 is 0 Å². The number of rotatable bonds is 40. The predicted octanol–water partition coefficient (Wildman–Crippen LogP) is 14.4. The summed E-state index contributed by atoms with van der Waals surface area (Å²) in [4.78, 5) is 37.4. The fraction of sp³-hybridized carbons (Fsp3) is 0.771. The average Bonchev–Trinajstić information content (AvgIpc) is 3.17. The summed E-state index contributed by atoms with van der Waals surface area (Å²) >= 11 is 0. The highest BCUT2D eigenvalue weighted by atomic mass is 16.6. The highest BCUT2D eigenvalue weighted by Crippen LogP contribution is 2.15. The summed E-state index contributed by atoms with van der Waals surface area (Å²) in [5, 5.41) is 0. The summed E-state index contributed by atoms with van der Waals surface area (Å²) in [6, 6.07) is 0. The molecule has 0 heterocycles. The van der Waals surface area contributed by atoms with Gasteiger partial charge in [0.25, 0.3) is 0 Å². The van der Waals surface area contributed by atoms with Crippen LogP contribution in [-0.4, -0.2) is 37.2 Å². The predicted molar refractivity (Wildman–Crippen MR) is 229 cm³/mol. The molecule has 0 saturated heterocycles. The highest BCUT2D eigenvalue weighted by Gasteiger charge is 2.19. The molecule has 0 aliphatic carbocycles. The van der Waals surface area contributed by atoms with Gasteiger partial charge >= 0.3 is 17.9 Å². The maximum Gasteiger partial charge on any atom is 0.306 e. The third-order valence-corrected chi connectivity index (χ3v) is 9.61. The summed E-state index contributed by atoms with van der Waals surface area (Å²) in [7, 11) is 0. The molecule has 0 saturated carbocycles. The first-order valence-corrected chi connectivity index (χ1v) is 22.6. The summed E-state index contributed by atoms with van der Waals surface area (Å²) in [5.74, 6) is -0.996. The Hall–Kier alpha value is -2.63. The molecule has 0 N–H and O–H groups in total. The van der Waals surface area contributed by atoms with Crippen molar-refractivity contribution < 1.29 is 28.6 Å². The minimum atomic E-state index is -0.803. The molecule has 0 aliphatic rings. The molecule has 0 aromatic carbocycles. The average molecular weight is 757 g/mol. The molecule has 0 rings (SSSR count). The van der Waals surface area contributed by atoms with E-state index in [1.54, 1.807) is 0 Å². The van der Waals surface area contributed by atoms with E-state index >= 15 is 0 Å². The lowest BCUT2D eigenvalue weighted by Gasteiger charge is -2.18. The van der Waals surface area contributed by atoms with Crippen LogP contribution in [0.5, 0.6) is 0 Å². The zero-order valence-corrected chi connectivity index (χ0v) is 35.5. The quantitative estimate of drug-likeness (QED) is 0.0268. The van der Waals surface area contributed by atoms with Crippen molar-refractivity contribution >= 4 is 17.9 Å². The fourth-order valence-corrected chi connectivity index (χ4v) is 6.22. The van der Waals surface area contributed by atoms with E-state index in [0.29, 0.717) is 19.3 Å².